The summed E-state index contributed by atoms with van der Waals surface area (Å²) in [4.78, 5) is 9.07. The second-order valence-corrected chi connectivity index (χ2v) is 6.32. The van der Waals surface area contributed by atoms with Crippen LogP contribution in [-0.2, 0) is 0 Å². The fourth-order valence-electron chi connectivity index (χ4n) is 3.06. The highest BCUT2D eigenvalue weighted by Gasteiger charge is 2.19. The monoisotopic (exact) mass is 318 g/mol. The molecule has 1 aromatic rings. The number of likely N-dealkylation sites (N-methyl/N-ethyl adjacent to an activating group) is 1. The highest BCUT2D eigenvalue weighted by molar-refractivity contribution is 5.78. The molecule has 0 saturated carbocycles. The topological polar surface area (TPSA) is 54.1 Å². The van der Waals surface area contributed by atoms with Crippen molar-refractivity contribution in [2.45, 2.75) is 31.7 Å². The number of ether oxygens (including phenoxy) is 1. The van der Waals surface area contributed by atoms with E-state index in [4.69, 9.17) is 10.5 Å². The Morgan fingerprint density at radius 3 is 2.48 bits per heavy atom. The van der Waals surface area contributed by atoms with Gasteiger partial charge >= 0.3 is 0 Å². The van der Waals surface area contributed by atoms with Crippen LogP contribution >= 0.6 is 0 Å². The molecule has 23 heavy (non-hydrogen) atoms. The van der Waals surface area contributed by atoms with Crippen LogP contribution in [0.25, 0.3) is 0 Å². The van der Waals surface area contributed by atoms with Crippen LogP contribution in [0, 0.1) is 0 Å². The summed E-state index contributed by atoms with van der Waals surface area (Å²) >= 11 is 0. The number of nitrogens with zero attached hydrogens (tertiary/aromatic N) is 3. The van der Waals surface area contributed by atoms with Crippen LogP contribution in [0.3, 0.4) is 0 Å². The van der Waals surface area contributed by atoms with Gasteiger partial charge in [0.25, 0.3) is 0 Å². The van der Waals surface area contributed by atoms with Crippen molar-refractivity contribution in [3.05, 3.63) is 29.8 Å². The molecular weight excluding hydrogens is 288 g/mol. The molecular formula is C18H30N4O. The molecule has 1 atom stereocenters. The minimum atomic E-state index is 0.150. The third kappa shape index (κ3) is 4.86. The zero-order valence-corrected chi connectivity index (χ0v) is 14.7. The minimum Gasteiger partial charge on any atom is -0.496 e. The fraction of sp³-hybridized carbons (Fsp3) is 0.611. The van der Waals surface area contributed by atoms with E-state index in [1.165, 1.54) is 25.7 Å². The molecule has 0 aromatic heterocycles. The Morgan fingerprint density at radius 2 is 1.87 bits per heavy atom. The lowest BCUT2D eigenvalue weighted by atomic mass is 10.0. The normalized spacial score (nSPS) is 17.9. The maximum absolute atomic E-state index is 6.24. The first-order valence-electron chi connectivity index (χ1n) is 8.47. The van der Waals surface area contributed by atoms with E-state index in [0.29, 0.717) is 12.5 Å². The van der Waals surface area contributed by atoms with Gasteiger partial charge in [-0.1, -0.05) is 31.0 Å². The van der Waals surface area contributed by atoms with E-state index in [9.17, 15) is 0 Å². The molecule has 1 heterocycles. The van der Waals surface area contributed by atoms with Crippen molar-refractivity contribution < 1.29 is 4.74 Å². The molecule has 2 N–H and O–H groups in total. The van der Waals surface area contributed by atoms with E-state index in [1.54, 1.807) is 7.11 Å². The highest BCUT2D eigenvalue weighted by Crippen LogP contribution is 2.28. The zero-order chi connectivity index (χ0) is 16.7. The second-order valence-electron chi connectivity index (χ2n) is 6.32. The summed E-state index contributed by atoms with van der Waals surface area (Å²) in [6.45, 7) is 2.68. The molecule has 1 aliphatic heterocycles. The predicted octanol–water partition coefficient (Wildman–Crippen LogP) is 2.49. The van der Waals surface area contributed by atoms with E-state index >= 15 is 0 Å². The first-order valence-corrected chi connectivity index (χ1v) is 8.47. The van der Waals surface area contributed by atoms with E-state index in [-0.39, 0.29) is 6.04 Å². The average molecular weight is 318 g/mol. The number of methoxy groups -OCH3 is 1. The van der Waals surface area contributed by atoms with Crippen molar-refractivity contribution >= 4 is 5.96 Å². The molecule has 128 valence electrons. The number of para-hydroxylation sites is 1. The molecule has 1 saturated heterocycles. The SMILES string of the molecule is COc1ccccc1C(CN=C(N)N1CCCCCC1)N(C)C. The quantitative estimate of drug-likeness (QED) is 0.669. The minimum absolute atomic E-state index is 0.150. The lowest BCUT2D eigenvalue weighted by Crippen LogP contribution is -2.38. The Kier molecular flexibility index (Phi) is 6.71. The van der Waals surface area contributed by atoms with Crippen LogP contribution in [0.15, 0.2) is 29.3 Å². The maximum Gasteiger partial charge on any atom is 0.191 e. The van der Waals surface area contributed by atoms with Gasteiger partial charge in [0.05, 0.1) is 19.7 Å². The molecule has 0 spiro atoms. The van der Waals surface area contributed by atoms with Crippen molar-refractivity contribution in [3.63, 3.8) is 0 Å². The number of nitrogens with two attached hydrogens (primary N) is 1. The van der Waals surface area contributed by atoms with Crippen molar-refractivity contribution in [1.29, 1.82) is 0 Å². The van der Waals surface area contributed by atoms with Crippen LogP contribution in [0.4, 0.5) is 0 Å². The number of guanidine groups is 1. The molecule has 1 unspecified atom stereocenters. The predicted molar refractivity (Wildman–Crippen MR) is 96.0 cm³/mol. The molecule has 0 radical (unpaired) electrons. The van der Waals surface area contributed by atoms with Crippen LogP contribution in [0.5, 0.6) is 5.75 Å². The van der Waals surface area contributed by atoms with Gasteiger partial charge in [-0.05, 0) is 33.0 Å². The van der Waals surface area contributed by atoms with Crippen LogP contribution in [0.2, 0.25) is 0 Å². The molecule has 0 amide bonds. The van der Waals surface area contributed by atoms with E-state index in [2.05, 4.69) is 35.0 Å². The molecule has 1 aliphatic rings. The zero-order valence-electron chi connectivity index (χ0n) is 14.7. The van der Waals surface area contributed by atoms with Crippen LogP contribution in [0.1, 0.15) is 37.3 Å². The van der Waals surface area contributed by atoms with Gasteiger partial charge in [-0.2, -0.15) is 0 Å². The Bertz CT molecular complexity index is 507. The summed E-state index contributed by atoms with van der Waals surface area (Å²) in [6, 6.07) is 8.27. The number of aliphatic imine (C=N–C) groups is 1. The Morgan fingerprint density at radius 1 is 1.22 bits per heavy atom. The first-order chi connectivity index (χ1) is 11.1. The fourth-order valence-corrected chi connectivity index (χ4v) is 3.06. The number of rotatable bonds is 5. The lowest BCUT2D eigenvalue weighted by molar-refractivity contribution is 0.294. The van der Waals surface area contributed by atoms with E-state index in [0.717, 1.165) is 24.4 Å². The van der Waals surface area contributed by atoms with Crippen molar-refractivity contribution in [2.24, 2.45) is 10.7 Å². The van der Waals surface area contributed by atoms with Gasteiger partial charge in [-0.25, -0.2) is 0 Å². The molecule has 0 aliphatic carbocycles. The summed E-state index contributed by atoms with van der Waals surface area (Å²) in [5.74, 6) is 1.57. The number of likely N-dealkylation sites (tertiary alicyclic amines) is 1. The van der Waals surface area contributed by atoms with Gasteiger partial charge < -0.3 is 20.3 Å². The van der Waals surface area contributed by atoms with Gasteiger partial charge in [0.2, 0.25) is 0 Å². The van der Waals surface area contributed by atoms with Crippen LogP contribution in [-0.4, -0.2) is 56.6 Å². The number of benzene rings is 1. The third-order valence-electron chi connectivity index (χ3n) is 4.48. The van der Waals surface area contributed by atoms with Crippen molar-refractivity contribution in [1.82, 2.24) is 9.80 Å². The molecule has 1 aromatic carbocycles. The molecule has 5 nitrogen and oxygen atoms in total. The van der Waals surface area contributed by atoms with Gasteiger partial charge in [0, 0.05) is 18.7 Å². The third-order valence-corrected chi connectivity index (χ3v) is 4.48. The number of hydrogen-bond donors (Lipinski definition) is 1. The molecule has 1 fully saturated rings. The number of hydrogen-bond acceptors (Lipinski definition) is 3. The van der Waals surface area contributed by atoms with Gasteiger partial charge in [-0.3, -0.25) is 4.99 Å². The second kappa shape index (κ2) is 8.77. The van der Waals surface area contributed by atoms with Crippen molar-refractivity contribution in [3.8, 4) is 5.75 Å². The van der Waals surface area contributed by atoms with Crippen LogP contribution < -0.4 is 10.5 Å². The van der Waals surface area contributed by atoms with E-state index < -0.39 is 0 Å². The van der Waals surface area contributed by atoms with Gasteiger partial charge in [-0.15, -0.1) is 0 Å². The van der Waals surface area contributed by atoms with E-state index in [1.807, 2.05) is 18.2 Å². The highest BCUT2D eigenvalue weighted by atomic mass is 16.5. The first kappa shape index (κ1) is 17.6. The standard InChI is InChI=1S/C18H30N4O/c1-21(2)16(15-10-6-7-11-17(15)23-3)14-20-18(19)22-12-8-4-5-9-13-22/h6-7,10-11,16H,4-5,8-9,12-14H2,1-3H3,(H2,19,20). The summed E-state index contributed by atoms with van der Waals surface area (Å²) in [7, 11) is 5.84. The smallest absolute Gasteiger partial charge is 0.191 e. The maximum atomic E-state index is 6.24. The molecule has 0 bridgehead atoms. The molecule has 2 rings (SSSR count). The Balaban J connectivity index is 2.11. The van der Waals surface area contributed by atoms with Crippen molar-refractivity contribution in [2.75, 3.05) is 40.8 Å². The summed E-state index contributed by atoms with van der Waals surface area (Å²) < 4.78 is 5.50. The molecule has 5 heteroatoms. The van der Waals surface area contributed by atoms with Gasteiger partial charge in [0.1, 0.15) is 5.75 Å². The Hall–Kier alpha value is -1.75. The Labute approximate surface area is 140 Å². The summed E-state index contributed by atoms with van der Waals surface area (Å²) in [5.41, 5.74) is 7.39. The largest absolute Gasteiger partial charge is 0.496 e. The lowest BCUT2D eigenvalue weighted by Gasteiger charge is -2.26. The average Bonchev–Trinajstić information content (AvgIpc) is 2.84. The van der Waals surface area contributed by atoms with Gasteiger partial charge in [0.15, 0.2) is 5.96 Å². The summed E-state index contributed by atoms with van der Waals surface area (Å²) in [5, 5.41) is 0. The summed E-state index contributed by atoms with van der Waals surface area (Å²) in [6.07, 6.45) is 5.01.